The highest BCUT2D eigenvalue weighted by Gasteiger charge is 2.09. The fourth-order valence-corrected chi connectivity index (χ4v) is 2.31. The van der Waals surface area contributed by atoms with E-state index < -0.39 is 0 Å². The first-order valence-corrected chi connectivity index (χ1v) is 5.70. The molecule has 2 aromatic rings. The summed E-state index contributed by atoms with van der Waals surface area (Å²) in [7, 11) is 0. The molecule has 0 fully saturated rings. The first-order valence-electron chi connectivity index (χ1n) is 4.91. The number of fused-ring (bicyclic) bond motifs is 1. The standard InChI is InChI=1S/C12H12BrNO/c1-7(2)9-6-14-12(15)11-8(9)4-3-5-10(11)13/h3-7H,1-2H3,(H,14,15). The molecule has 0 saturated heterocycles. The van der Waals surface area contributed by atoms with E-state index in [0.717, 1.165) is 15.2 Å². The van der Waals surface area contributed by atoms with Gasteiger partial charge in [0.25, 0.3) is 5.56 Å². The molecule has 2 rings (SSSR count). The normalized spacial score (nSPS) is 11.2. The summed E-state index contributed by atoms with van der Waals surface area (Å²) < 4.78 is 0.851. The fourth-order valence-electron chi connectivity index (χ4n) is 1.77. The second kappa shape index (κ2) is 3.81. The molecule has 0 spiro atoms. The zero-order valence-corrected chi connectivity index (χ0v) is 10.3. The van der Waals surface area contributed by atoms with Crippen LogP contribution in [0.1, 0.15) is 25.3 Å². The molecule has 0 atom stereocenters. The van der Waals surface area contributed by atoms with Crippen molar-refractivity contribution in [2.24, 2.45) is 0 Å². The van der Waals surface area contributed by atoms with Gasteiger partial charge in [-0.2, -0.15) is 0 Å². The molecule has 1 heterocycles. The van der Waals surface area contributed by atoms with E-state index in [4.69, 9.17) is 0 Å². The Kier molecular flexibility index (Phi) is 2.65. The van der Waals surface area contributed by atoms with Crippen LogP contribution in [0.25, 0.3) is 10.8 Å². The van der Waals surface area contributed by atoms with Crippen LogP contribution in [-0.2, 0) is 0 Å². The molecule has 0 unspecified atom stereocenters. The van der Waals surface area contributed by atoms with Gasteiger partial charge in [0, 0.05) is 10.7 Å². The maximum Gasteiger partial charge on any atom is 0.256 e. The molecule has 78 valence electrons. The molecule has 1 N–H and O–H groups in total. The number of hydrogen-bond acceptors (Lipinski definition) is 1. The molecule has 0 radical (unpaired) electrons. The van der Waals surface area contributed by atoms with Crippen LogP contribution in [0.3, 0.4) is 0 Å². The Morgan fingerprint density at radius 2 is 2.07 bits per heavy atom. The minimum atomic E-state index is -0.0399. The predicted octanol–water partition coefficient (Wildman–Crippen LogP) is 3.41. The van der Waals surface area contributed by atoms with E-state index in [9.17, 15) is 4.79 Å². The number of benzene rings is 1. The number of halogens is 1. The minimum Gasteiger partial charge on any atom is -0.328 e. The summed E-state index contributed by atoms with van der Waals surface area (Å²) in [5.41, 5.74) is 1.13. The van der Waals surface area contributed by atoms with Crippen molar-refractivity contribution in [3.8, 4) is 0 Å². The maximum absolute atomic E-state index is 11.7. The Morgan fingerprint density at radius 3 is 2.73 bits per heavy atom. The van der Waals surface area contributed by atoms with Gasteiger partial charge in [-0.15, -0.1) is 0 Å². The van der Waals surface area contributed by atoms with Crippen molar-refractivity contribution < 1.29 is 0 Å². The third-order valence-electron chi connectivity index (χ3n) is 2.53. The van der Waals surface area contributed by atoms with Crippen LogP contribution in [0, 0.1) is 0 Å². The second-order valence-corrected chi connectivity index (χ2v) is 4.74. The third kappa shape index (κ3) is 1.72. The van der Waals surface area contributed by atoms with Crippen LogP contribution in [0.4, 0.5) is 0 Å². The lowest BCUT2D eigenvalue weighted by molar-refractivity contribution is 0.867. The number of pyridine rings is 1. The molecule has 0 bridgehead atoms. The highest BCUT2D eigenvalue weighted by Crippen LogP contribution is 2.26. The Labute approximate surface area is 96.5 Å². The van der Waals surface area contributed by atoms with Crippen molar-refractivity contribution >= 4 is 26.7 Å². The quantitative estimate of drug-likeness (QED) is 0.842. The van der Waals surface area contributed by atoms with Gasteiger partial charge in [-0.05, 0) is 38.9 Å². The summed E-state index contributed by atoms with van der Waals surface area (Å²) in [5, 5.41) is 1.77. The minimum absolute atomic E-state index is 0.0399. The molecular formula is C12H12BrNO. The second-order valence-electron chi connectivity index (χ2n) is 3.89. The largest absolute Gasteiger partial charge is 0.328 e. The molecule has 1 aromatic carbocycles. The van der Waals surface area contributed by atoms with Crippen molar-refractivity contribution in [3.63, 3.8) is 0 Å². The van der Waals surface area contributed by atoms with Crippen molar-refractivity contribution in [1.82, 2.24) is 4.98 Å². The van der Waals surface area contributed by atoms with Crippen LogP contribution in [0.15, 0.2) is 33.7 Å². The van der Waals surface area contributed by atoms with Crippen LogP contribution in [0.2, 0.25) is 0 Å². The van der Waals surface area contributed by atoms with Crippen LogP contribution in [-0.4, -0.2) is 4.98 Å². The maximum atomic E-state index is 11.7. The predicted molar refractivity (Wildman–Crippen MR) is 66.4 cm³/mol. The summed E-state index contributed by atoms with van der Waals surface area (Å²) in [5.74, 6) is 0.402. The highest BCUT2D eigenvalue weighted by molar-refractivity contribution is 9.10. The van der Waals surface area contributed by atoms with E-state index in [1.165, 1.54) is 5.56 Å². The fraction of sp³-hybridized carbons (Fsp3) is 0.250. The van der Waals surface area contributed by atoms with E-state index in [1.54, 1.807) is 0 Å². The van der Waals surface area contributed by atoms with Gasteiger partial charge in [0.2, 0.25) is 0 Å². The van der Waals surface area contributed by atoms with Gasteiger partial charge in [0.15, 0.2) is 0 Å². The highest BCUT2D eigenvalue weighted by atomic mass is 79.9. The van der Waals surface area contributed by atoms with E-state index in [1.807, 2.05) is 24.4 Å². The van der Waals surface area contributed by atoms with Crippen molar-refractivity contribution in [1.29, 1.82) is 0 Å². The summed E-state index contributed by atoms with van der Waals surface area (Å²) in [6.45, 7) is 4.24. The topological polar surface area (TPSA) is 32.9 Å². The van der Waals surface area contributed by atoms with Crippen LogP contribution in [0.5, 0.6) is 0 Å². The summed E-state index contributed by atoms with van der Waals surface area (Å²) in [6.07, 6.45) is 1.81. The average molecular weight is 266 g/mol. The number of nitrogens with one attached hydrogen (secondary N) is 1. The van der Waals surface area contributed by atoms with Gasteiger partial charge < -0.3 is 4.98 Å². The molecule has 15 heavy (non-hydrogen) atoms. The Balaban J connectivity index is 2.95. The summed E-state index contributed by atoms with van der Waals surface area (Å²) in [4.78, 5) is 14.5. The molecule has 0 amide bonds. The van der Waals surface area contributed by atoms with Gasteiger partial charge in [-0.1, -0.05) is 26.0 Å². The Bertz CT molecular complexity index is 557. The molecular weight excluding hydrogens is 254 g/mol. The number of H-pyrrole nitrogens is 1. The van der Waals surface area contributed by atoms with Gasteiger partial charge >= 0.3 is 0 Å². The molecule has 0 saturated carbocycles. The van der Waals surface area contributed by atoms with Crippen molar-refractivity contribution in [2.45, 2.75) is 19.8 Å². The lowest BCUT2D eigenvalue weighted by Crippen LogP contribution is -2.08. The number of aromatic amines is 1. The van der Waals surface area contributed by atoms with Gasteiger partial charge in [0.05, 0.1) is 5.39 Å². The van der Waals surface area contributed by atoms with E-state index in [2.05, 4.69) is 34.8 Å². The zero-order chi connectivity index (χ0) is 11.0. The summed E-state index contributed by atoms with van der Waals surface area (Å²) >= 11 is 3.41. The first-order chi connectivity index (χ1) is 7.11. The first kappa shape index (κ1) is 10.4. The number of aromatic nitrogens is 1. The van der Waals surface area contributed by atoms with Crippen LogP contribution >= 0.6 is 15.9 Å². The molecule has 0 aliphatic carbocycles. The molecule has 3 heteroatoms. The average Bonchev–Trinajstić information content (AvgIpc) is 2.17. The summed E-state index contributed by atoms with van der Waals surface area (Å²) in [6, 6.07) is 5.84. The SMILES string of the molecule is CC(C)c1c[nH]c(=O)c2c(Br)cccc12. The molecule has 0 aliphatic heterocycles. The van der Waals surface area contributed by atoms with Gasteiger partial charge in [0.1, 0.15) is 0 Å². The van der Waals surface area contributed by atoms with E-state index >= 15 is 0 Å². The lowest BCUT2D eigenvalue weighted by Gasteiger charge is -2.09. The monoisotopic (exact) mass is 265 g/mol. The molecule has 1 aromatic heterocycles. The van der Waals surface area contributed by atoms with E-state index in [-0.39, 0.29) is 5.56 Å². The number of rotatable bonds is 1. The van der Waals surface area contributed by atoms with Crippen molar-refractivity contribution in [3.05, 3.63) is 44.8 Å². The number of hydrogen-bond donors (Lipinski definition) is 1. The third-order valence-corrected chi connectivity index (χ3v) is 3.19. The van der Waals surface area contributed by atoms with Crippen molar-refractivity contribution in [2.75, 3.05) is 0 Å². The van der Waals surface area contributed by atoms with Gasteiger partial charge in [-0.3, -0.25) is 4.79 Å². The zero-order valence-electron chi connectivity index (χ0n) is 8.67. The van der Waals surface area contributed by atoms with Crippen LogP contribution < -0.4 is 5.56 Å². The Hall–Kier alpha value is -1.09. The lowest BCUT2D eigenvalue weighted by atomic mass is 9.99. The smallest absolute Gasteiger partial charge is 0.256 e. The Morgan fingerprint density at radius 1 is 1.33 bits per heavy atom. The van der Waals surface area contributed by atoms with E-state index in [0.29, 0.717) is 5.92 Å². The van der Waals surface area contributed by atoms with Gasteiger partial charge in [-0.25, -0.2) is 0 Å². The molecule has 0 aliphatic rings. The molecule has 2 nitrogen and oxygen atoms in total.